The largest absolute Gasteiger partial charge is 0.493 e. The van der Waals surface area contributed by atoms with Crippen LogP contribution in [0.3, 0.4) is 0 Å². The lowest BCUT2D eigenvalue weighted by molar-refractivity contribution is 0.173. The van der Waals surface area contributed by atoms with Crippen LogP contribution in [0.15, 0.2) is 18.2 Å². The number of hydrogen-bond donors (Lipinski definition) is 1. The lowest BCUT2D eigenvalue weighted by Crippen LogP contribution is -2.20. The van der Waals surface area contributed by atoms with Gasteiger partial charge in [0.2, 0.25) is 6.79 Å². The number of nitrogens with zero attached hydrogens (tertiary/aromatic N) is 1. The Balaban J connectivity index is 1.89. The molecule has 0 aromatic heterocycles. The fourth-order valence-corrected chi connectivity index (χ4v) is 1.33. The van der Waals surface area contributed by atoms with Crippen LogP contribution in [0.4, 0.5) is 0 Å². The summed E-state index contributed by atoms with van der Waals surface area (Å²) in [6.07, 6.45) is 0.505. The fraction of sp³-hybridized carbons (Fsp3) is 0.364. The second kappa shape index (κ2) is 4.73. The Hall–Kier alpha value is -1.93. The second-order valence-electron chi connectivity index (χ2n) is 3.39. The van der Waals surface area contributed by atoms with E-state index in [1.54, 1.807) is 18.2 Å². The third-order valence-electron chi connectivity index (χ3n) is 2.21. The second-order valence-corrected chi connectivity index (χ2v) is 3.39. The number of fused-ring (bicyclic) bond motifs is 1. The summed E-state index contributed by atoms with van der Waals surface area (Å²) in [5, 5.41) is 8.49. The molecule has 0 bridgehead atoms. The minimum absolute atomic E-state index is 0.248. The monoisotopic (exact) mass is 220 g/mol. The average Bonchev–Trinajstić information content (AvgIpc) is 2.76. The van der Waals surface area contributed by atoms with Gasteiger partial charge in [-0.25, -0.2) is 0 Å². The van der Waals surface area contributed by atoms with Crippen molar-refractivity contribution in [3.05, 3.63) is 18.2 Å². The minimum atomic E-state index is -0.478. The Labute approximate surface area is 93.3 Å². The molecule has 1 aliphatic rings. The van der Waals surface area contributed by atoms with E-state index in [2.05, 4.69) is 0 Å². The van der Waals surface area contributed by atoms with Crippen LogP contribution in [0.25, 0.3) is 0 Å². The van der Waals surface area contributed by atoms with Crippen molar-refractivity contribution in [1.82, 2.24) is 0 Å². The van der Waals surface area contributed by atoms with E-state index in [-0.39, 0.29) is 6.79 Å². The average molecular weight is 220 g/mol. The van der Waals surface area contributed by atoms with Crippen molar-refractivity contribution in [3.63, 3.8) is 0 Å². The van der Waals surface area contributed by atoms with Crippen LogP contribution in [0.5, 0.6) is 17.2 Å². The number of nitriles is 1. The molecular weight excluding hydrogens is 208 g/mol. The smallest absolute Gasteiger partial charge is 0.231 e. The summed E-state index contributed by atoms with van der Waals surface area (Å²) in [4.78, 5) is 0. The van der Waals surface area contributed by atoms with Crippen molar-refractivity contribution < 1.29 is 14.2 Å². The molecule has 5 nitrogen and oxygen atoms in total. The number of ether oxygens (including phenoxy) is 3. The van der Waals surface area contributed by atoms with Crippen LogP contribution in [-0.4, -0.2) is 19.4 Å². The van der Waals surface area contributed by atoms with E-state index in [0.717, 1.165) is 5.75 Å². The molecule has 0 spiro atoms. The molecule has 1 aliphatic heterocycles. The van der Waals surface area contributed by atoms with Crippen LogP contribution in [0.2, 0.25) is 0 Å². The van der Waals surface area contributed by atoms with Crippen LogP contribution >= 0.6 is 0 Å². The fourth-order valence-electron chi connectivity index (χ4n) is 1.33. The van der Waals surface area contributed by atoms with Gasteiger partial charge in [0.25, 0.3) is 0 Å². The van der Waals surface area contributed by atoms with Gasteiger partial charge in [0.1, 0.15) is 5.75 Å². The first-order valence-corrected chi connectivity index (χ1v) is 4.97. The maximum atomic E-state index is 8.49. The molecule has 16 heavy (non-hydrogen) atoms. The summed E-state index contributed by atoms with van der Waals surface area (Å²) in [6.45, 7) is 0.659. The van der Waals surface area contributed by atoms with Crippen molar-refractivity contribution in [2.45, 2.75) is 12.5 Å². The molecule has 0 saturated heterocycles. The summed E-state index contributed by atoms with van der Waals surface area (Å²) >= 11 is 0. The van der Waals surface area contributed by atoms with Crippen LogP contribution in [-0.2, 0) is 0 Å². The Morgan fingerprint density at radius 3 is 3.06 bits per heavy atom. The van der Waals surface area contributed by atoms with Crippen molar-refractivity contribution in [2.24, 2.45) is 5.73 Å². The van der Waals surface area contributed by atoms with E-state index in [0.29, 0.717) is 24.5 Å². The van der Waals surface area contributed by atoms with Gasteiger partial charge >= 0.3 is 0 Å². The highest BCUT2D eigenvalue weighted by atomic mass is 16.7. The number of benzene rings is 1. The van der Waals surface area contributed by atoms with E-state index < -0.39 is 6.04 Å². The molecule has 0 radical (unpaired) electrons. The third-order valence-corrected chi connectivity index (χ3v) is 2.21. The minimum Gasteiger partial charge on any atom is -0.493 e. The van der Waals surface area contributed by atoms with Gasteiger partial charge in [-0.3, -0.25) is 0 Å². The van der Waals surface area contributed by atoms with E-state index in [1.807, 2.05) is 6.07 Å². The normalized spacial score (nSPS) is 14.2. The van der Waals surface area contributed by atoms with Gasteiger partial charge in [-0.05, 0) is 12.1 Å². The Bertz CT molecular complexity index is 414. The standard InChI is InChI=1S/C11H12N2O3/c12-6-8(13)3-4-14-9-1-2-10-11(5-9)16-7-15-10/h1-2,5,8H,3-4,7,13H2. The van der Waals surface area contributed by atoms with Crippen LogP contribution in [0, 0.1) is 11.3 Å². The highest BCUT2D eigenvalue weighted by molar-refractivity contribution is 5.46. The first-order chi connectivity index (χ1) is 7.79. The molecule has 2 rings (SSSR count). The Morgan fingerprint density at radius 1 is 1.44 bits per heavy atom. The molecule has 1 heterocycles. The van der Waals surface area contributed by atoms with E-state index in [1.165, 1.54) is 0 Å². The molecule has 1 atom stereocenters. The Kier molecular flexibility index (Phi) is 3.13. The number of rotatable bonds is 4. The van der Waals surface area contributed by atoms with Crippen LogP contribution in [0.1, 0.15) is 6.42 Å². The molecule has 2 N–H and O–H groups in total. The van der Waals surface area contributed by atoms with Crippen molar-refractivity contribution >= 4 is 0 Å². The van der Waals surface area contributed by atoms with E-state index in [4.69, 9.17) is 25.2 Å². The van der Waals surface area contributed by atoms with Gasteiger partial charge in [-0.2, -0.15) is 5.26 Å². The molecule has 1 unspecified atom stereocenters. The first-order valence-electron chi connectivity index (χ1n) is 4.97. The highest BCUT2D eigenvalue weighted by Crippen LogP contribution is 2.35. The first kappa shape index (κ1) is 10.6. The number of nitrogens with two attached hydrogens (primary N) is 1. The predicted octanol–water partition coefficient (Wildman–Crippen LogP) is 1.04. The molecule has 5 heteroatoms. The van der Waals surface area contributed by atoms with Crippen LogP contribution < -0.4 is 19.9 Å². The molecule has 1 aromatic carbocycles. The maximum Gasteiger partial charge on any atom is 0.231 e. The van der Waals surface area contributed by atoms with Gasteiger partial charge in [-0.15, -0.1) is 0 Å². The van der Waals surface area contributed by atoms with Gasteiger partial charge in [0.15, 0.2) is 11.5 Å². The zero-order valence-electron chi connectivity index (χ0n) is 8.68. The lowest BCUT2D eigenvalue weighted by Gasteiger charge is -2.07. The third kappa shape index (κ3) is 2.35. The molecule has 0 amide bonds. The van der Waals surface area contributed by atoms with Gasteiger partial charge in [0, 0.05) is 12.5 Å². The number of hydrogen-bond acceptors (Lipinski definition) is 5. The van der Waals surface area contributed by atoms with Gasteiger partial charge in [0.05, 0.1) is 18.7 Å². The zero-order valence-corrected chi connectivity index (χ0v) is 8.68. The molecule has 1 aromatic rings. The summed E-state index contributed by atoms with van der Waals surface area (Å²) in [5.74, 6) is 2.09. The van der Waals surface area contributed by atoms with Crippen molar-refractivity contribution in [3.8, 4) is 23.3 Å². The quantitative estimate of drug-likeness (QED) is 0.820. The summed E-state index contributed by atoms with van der Waals surface area (Å²) < 4.78 is 15.8. The topological polar surface area (TPSA) is 77.5 Å². The van der Waals surface area contributed by atoms with Gasteiger partial charge in [-0.1, -0.05) is 0 Å². The zero-order chi connectivity index (χ0) is 11.4. The molecule has 0 aliphatic carbocycles. The summed E-state index contributed by atoms with van der Waals surface area (Å²) in [6, 6.07) is 6.82. The SMILES string of the molecule is N#CC(N)CCOc1ccc2c(c1)OCO2. The summed E-state index contributed by atoms with van der Waals surface area (Å²) in [5.41, 5.74) is 5.44. The molecular formula is C11H12N2O3. The van der Waals surface area contributed by atoms with E-state index >= 15 is 0 Å². The van der Waals surface area contributed by atoms with E-state index in [9.17, 15) is 0 Å². The Morgan fingerprint density at radius 2 is 2.25 bits per heavy atom. The molecule has 0 fully saturated rings. The molecule has 84 valence electrons. The predicted molar refractivity (Wildman–Crippen MR) is 56.3 cm³/mol. The summed E-state index contributed by atoms with van der Waals surface area (Å²) in [7, 11) is 0. The lowest BCUT2D eigenvalue weighted by atomic mass is 10.2. The highest BCUT2D eigenvalue weighted by Gasteiger charge is 2.13. The maximum absolute atomic E-state index is 8.49. The molecule has 0 saturated carbocycles. The van der Waals surface area contributed by atoms with Gasteiger partial charge < -0.3 is 19.9 Å². The van der Waals surface area contributed by atoms with Crippen molar-refractivity contribution in [2.75, 3.05) is 13.4 Å². The van der Waals surface area contributed by atoms with Crippen molar-refractivity contribution in [1.29, 1.82) is 5.26 Å².